The number of carbonyl (C=O) groups is 5. The first kappa shape index (κ1) is 43.5. The molecule has 2 unspecified atom stereocenters. The highest BCUT2D eigenvalue weighted by atomic mass is 19.1. The SMILES string of the molecule is Cn1nc(N2CCC(=O)NC2=O)c2ccc(C3CCN(CC(=O)N4CC5(C4)CN(c4ccc(-c6cc(F)c7c(c6)C(=O)N(C(C(=O)Nc6ccccn6)c6ncn8c6CCC8)C7)cc4)C5)C4(CC4)C3)cc21. The molecule has 3 aromatic carbocycles. The summed E-state index contributed by atoms with van der Waals surface area (Å²) in [6.45, 7) is 5.54. The van der Waals surface area contributed by atoms with Crippen molar-refractivity contribution in [3.63, 3.8) is 0 Å². The Morgan fingerprint density at radius 3 is 2.52 bits per heavy atom. The number of imide groups is 1. The second-order valence-corrected chi connectivity index (χ2v) is 20.9. The van der Waals surface area contributed by atoms with Gasteiger partial charge in [0.1, 0.15) is 11.6 Å². The second-order valence-electron chi connectivity index (χ2n) is 20.9. The number of fused-ring (bicyclic) bond motifs is 3. The molecule has 4 saturated heterocycles. The molecule has 3 aromatic heterocycles. The molecule has 362 valence electrons. The van der Waals surface area contributed by atoms with Gasteiger partial charge in [-0.1, -0.05) is 24.3 Å². The lowest BCUT2D eigenvalue weighted by Crippen LogP contribution is -2.73. The van der Waals surface area contributed by atoms with Crippen molar-refractivity contribution in [2.75, 3.05) is 60.9 Å². The number of benzene rings is 3. The van der Waals surface area contributed by atoms with Gasteiger partial charge in [-0.25, -0.2) is 19.2 Å². The number of anilines is 3. The van der Waals surface area contributed by atoms with E-state index in [1.165, 1.54) is 16.5 Å². The van der Waals surface area contributed by atoms with Gasteiger partial charge in [-0.2, -0.15) is 5.10 Å². The smallest absolute Gasteiger partial charge is 0.329 e. The number of likely N-dealkylation sites (tertiary alicyclic amines) is 2. The predicted octanol–water partition coefficient (Wildman–Crippen LogP) is 5.76. The second kappa shape index (κ2) is 16.3. The Morgan fingerprint density at radius 1 is 0.915 bits per heavy atom. The number of piperidine rings is 1. The van der Waals surface area contributed by atoms with Crippen LogP contribution in [0.2, 0.25) is 0 Å². The average Bonchev–Trinajstić information content (AvgIpc) is 3.61. The maximum absolute atomic E-state index is 16.0. The number of aryl methyl sites for hydroxylation is 2. The van der Waals surface area contributed by atoms with Gasteiger partial charge in [0.05, 0.1) is 30.6 Å². The Balaban J connectivity index is 0.622. The zero-order valence-corrected chi connectivity index (χ0v) is 39.4. The molecule has 5 fully saturated rings. The number of carbonyl (C=O) groups excluding carboxylic acids is 5. The van der Waals surface area contributed by atoms with Crippen LogP contribution < -0.4 is 20.4 Å². The fraction of sp³-hybridized carbons (Fsp3) is 0.396. The van der Waals surface area contributed by atoms with Crippen LogP contribution in [-0.4, -0.2) is 120 Å². The predicted molar refractivity (Wildman–Crippen MR) is 261 cm³/mol. The normalized spacial score (nSPS) is 21.3. The molecule has 7 aliphatic rings. The number of amides is 6. The summed E-state index contributed by atoms with van der Waals surface area (Å²) in [7, 11) is 1.89. The van der Waals surface area contributed by atoms with Crippen LogP contribution in [0.4, 0.5) is 26.5 Å². The van der Waals surface area contributed by atoms with E-state index in [-0.39, 0.29) is 46.9 Å². The van der Waals surface area contributed by atoms with Crippen LogP contribution in [0.25, 0.3) is 22.0 Å². The number of imidazole rings is 1. The average molecular weight is 957 g/mol. The molecule has 71 heavy (non-hydrogen) atoms. The third-order valence-corrected chi connectivity index (χ3v) is 16.4. The first-order valence-corrected chi connectivity index (χ1v) is 24.8. The minimum Gasteiger partial charge on any atom is -0.370 e. The molecule has 2 spiro atoms. The number of urea groups is 1. The van der Waals surface area contributed by atoms with Crippen molar-refractivity contribution in [2.24, 2.45) is 12.5 Å². The topological polar surface area (TPSA) is 174 Å². The molecule has 1 saturated carbocycles. The van der Waals surface area contributed by atoms with Crippen molar-refractivity contribution in [3.8, 4) is 11.1 Å². The highest BCUT2D eigenvalue weighted by Crippen LogP contribution is 2.53. The van der Waals surface area contributed by atoms with E-state index in [9.17, 15) is 24.0 Å². The summed E-state index contributed by atoms with van der Waals surface area (Å²) in [4.78, 5) is 84.9. The van der Waals surface area contributed by atoms with E-state index in [2.05, 4.69) is 53.7 Å². The van der Waals surface area contributed by atoms with Crippen LogP contribution in [0.3, 0.4) is 0 Å². The summed E-state index contributed by atoms with van der Waals surface area (Å²) >= 11 is 0. The van der Waals surface area contributed by atoms with Gasteiger partial charge in [-0.05, 0) is 116 Å². The van der Waals surface area contributed by atoms with Gasteiger partial charge in [0.15, 0.2) is 11.9 Å². The fourth-order valence-electron chi connectivity index (χ4n) is 12.5. The van der Waals surface area contributed by atoms with E-state index >= 15 is 4.39 Å². The Hall–Kier alpha value is -7.47. The maximum atomic E-state index is 16.0. The lowest BCUT2D eigenvalue weighted by Gasteiger charge is -2.61. The number of nitrogens with one attached hydrogen (secondary N) is 2. The summed E-state index contributed by atoms with van der Waals surface area (Å²) in [5.74, 6) is -0.164. The summed E-state index contributed by atoms with van der Waals surface area (Å²) in [5.41, 5.74) is 6.66. The van der Waals surface area contributed by atoms with Crippen LogP contribution in [-0.2, 0) is 40.9 Å². The Bertz CT molecular complexity index is 3210. The van der Waals surface area contributed by atoms with Crippen molar-refractivity contribution in [2.45, 2.75) is 75.5 Å². The van der Waals surface area contributed by atoms with Gasteiger partial charge in [-0.15, -0.1) is 0 Å². The quantitative estimate of drug-likeness (QED) is 0.172. The van der Waals surface area contributed by atoms with Gasteiger partial charge in [0, 0.05) is 97.8 Å². The first-order valence-electron chi connectivity index (χ1n) is 24.8. The number of halogens is 1. The van der Waals surface area contributed by atoms with Crippen molar-refractivity contribution in [3.05, 3.63) is 119 Å². The standard InChI is InChI=1S/C53H53FN12O5/c1-60-42-23-33(9-12-37(42)48(59-60)65-20-14-44(67)58-51(65)71)34-13-19-64(53(24-34)15-16-53)26-45(68)63-29-52(30-63)27-62(28-52)36-10-7-32(8-11-36)35-21-38-39(40(54)22-35)25-66(50(38)70)47(46-41-5-4-18-61(41)31-56-46)49(69)57-43-6-2-3-17-55-43/h2-3,6-12,17,21-23,31,34,47H,4-5,13-16,18-20,24-30H2,1H3,(H,55,57,69)(H,58,67,71). The zero-order valence-electron chi connectivity index (χ0n) is 39.4. The Kier molecular flexibility index (Phi) is 9.99. The van der Waals surface area contributed by atoms with E-state index in [4.69, 9.17) is 0 Å². The highest BCUT2D eigenvalue weighted by molar-refractivity contribution is 6.09. The molecular formula is C53H53FN12O5. The van der Waals surface area contributed by atoms with Gasteiger partial charge in [0.2, 0.25) is 11.8 Å². The molecule has 17 nitrogen and oxygen atoms in total. The van der Waals surface area contributed by atoms with E-state index in [0.29, 0.717) is 41.9 Å². The monoisotopic (exact) mass is 956 g/mol. The lowest BCUT2D eigenvalue weighted by atomic mass is 9.72. The molecule has 0 radical (unpaired) electrons. The van der Waals surface area contributed by atoms with Gasteiger partial charge in [-0.3, -0.25) is 39.0 Å². The molecule has 18 heteroatoms. The third-order valence-electron chi connectivity index (χ3n) is 16.4. The highest BCUT2D eigenvalue weighted by Gasteiger charge is 2.56. The maximum Gasteiger partial charge on any atom is 0.329 e. The number of hydrogen-bond acceptors (Lipinski definition) is 10. The number of rotatable bonds is 10. The Labute approximate surface area is 408 Å². The molecule has 2 atom stereocenters. The lowest BCUT2D eigenvalue weighted by molar-refractivity contribution is -0.147. The molecule has 13 rings (SSSR count). The zero-order chi connectivity index (χ0) is 48.3. The van der Waals surface area contributed by atoms with Crippen molar-refractivity contribution >= 4 is 57.9 Å². The van der Waals surface area contributed by atoms with Crippen LogP contribution in [0, 0.1) is 11.2 Å². The van der Waals surface area contributed by atoms with E-state index < -0.39 is 29.7 Å². The van der Waals surface area contributed by atoms with Crippen molar-refractivity contribution < 1.29 is 28.4 Å². The molecule has 1 aliphatic carbocycles. The van der Waals surface area contributed by atoms with E-state index in [0.717, 1.165) is 106 Å². The molecule has 9 heterocycles. The largest absolute Gasteiger partial charge is 0.370 e. The van der Waals surface area contributed by atoms with Gasteiger partial charge < -0.3 is 24.6 Å². The third kappa shape index (κ3) is 7.35. The molecule has 6 amide bonds. The van der Waals surface area contributed by atoms with E-state index in [1.807, 2.05) is 45.5 Å². The minimum absolute atomic E-state index is 0.0513. The van der Waals surface area contributed by atoms with Gasteiger partial charge in [0.25, 0.3) is 11.8 Å². The van der Waals surface area contributed by atoms with Crippen molar-refractivity contribution in [1.29, 1.82) is 0 Å². The minimum atomic E-state index is -1.07. The first-order chi connectivity index (χ1) is 34.4. The fourth-order valence-corrected chi connectivity index (χ4v) is 12.5. The van der Waals surface area contributed by atoms with E-state index in [1.54, 1.807) is 41.7 Å². The summed E-state index contributed by atoms with van der Waals surface area (Å²) in [6.07, 6.45) is 9.34. The van der Waals surface area contributed by atoms with Crippen LogP contribution in [0.1, 0.15) is 83.4 Å². The molecule has 0 bridgehead atoms. The van der Waals surface area contributed by atoms with Crippen LogP contribution in [0.5, 0.6) is 0 Å². The summed E-state index contributed by atoms with van der Waals surface area (Å²) in [5, 5.41) is 10.8. The molecular weight excluding hydrogens is 904 g/mol. The molecule has 6 aromatic rings. The molecule has 2 N–H and O–H groups in total. The molecule has 6 aliphatic heterocycles. The number of hydrogen-bond donors (Lipinski definition) is 2. The summed E-state index contributed by atoms with van der Waals surface area (Å²) < 4.78 is 19.9. The van der Waals surface area contributed by atoms with Gasteiger partial charge >= 0.3 is 6.03 Å². The van der Waals surface area contributed by atoms with Crippen LogP contribution >= 0.6 is 0 Å². The number of aromatic nitrogens is 5. The van der Waals surface area contributed by atoms with Crippen LogP contribution in [0.15, 0.2) is 85.3 Å². The number of nitrogens with zero attached hydrogens (tertiary/aromatic N) is 10. The van der Waals surface area contributed by atoms with Crippen molar-refractivity contribution in [1.82, 2.24) is 44.3 Å². The number of pyridine rings is 1. The summed E-state index contributed by atoms with van der Waals surface area (Å²) in [6, 6.07) is 21.3. The Morgan fingerprint density at radius 2 is 1.75 bits per heavy atom.